The fourth-order valence-electron chi connectivity index (χ4n) is 3.40. The number of benzene rings is 1. The summed E-state index contributed by atoms with van der Waals surface area (Å²) in [6.45, 7) is 5.63. The zero-order valence-corrected chi connectivity index (χ0v) is 14.5. The maximum absolute atomic E-state index is 12.7. The number of amides is 1. The van der Waals surface area contributed by atoms with Gasteiger partial charge in [-0.1, -0.05) is 12.1 Å². The van der Waals surface area contributed by atoms with Gasteiger partial charge in [0, 0.05) is 23.9 Å². The van der Waals surface area contributed by atoms with Crippen LogP contribution in [0.3, 0.4) is 0 Å². The second kappa shape index (κ2) is 6.37. The molecule has 1 saturated heterocycles. The van der Waals surface area contributed by atoms with Gasteiger partial charge >= 0.3 is 0 Å². The van der Waals surface area contributed by atoms with Crippen molar-refractivity contribution in [1.82, 2.24) is 14.8 Å². The van der Waals surface area contributed by atoms with Gasteiger partial charge in [0.05, 0.1) is 35.6 Å². The van der Waals surface area contributed by atoms with Crippen LogP contribution in [0.5, 0.6) is 0 Å². The van der Waals surface area contributed by atoms with Crippen LogP contribution in [0.1, 0.15) is 34.5 Å². The number of rotatable bonds is 4. The van der Waals surface area contributed by atoms with E-state index in [1.54, 1.807) is 6.20 Å². The number of carbonyl (C=O) groups is 1. The molecule has 1 aromatic carbocycles. The summed E-state index contributed by atoms with van der Waals surface area (Å²) in [7, 11) is 0. The number of anilines is 1. The maximum atomic E-state index is 12.7. The van der Waals surface area contributed by atoms with Crippen molar-refractivity contribution in [2.75, 3.05) is 11.9 Å². The van der Waals surface area contributed by atoms with Gasteiger partial charge in [0.25, 0.3) is 5.91 Å². The molecule has 0 unspecified atom stereocenters. The minimum absolute atomic E-state index is 0.136. The van der Waals surface area contributed by atoms with Gasteiger partial charge in [-0.2, -0.15) is 5.10 Å². The molecule has 0 aliphatic carbocycles. The summed E-state index contributed by atoms with van der Waals surface area (Å²) in [5.41, 5.74) is 4.47. The summed E-state index contributed by atoms with van der Waals surface area (Å²) in [5.74, 6) is -0.136. The molecule has 3 aromatic rings. The number of aromatic nitrogens is 3. The summed E-state index contributed by atoms with van der Waals surface area (Å²) < 4.78 is 7.45. The minimum Gasteiger partial charge on any atom is -0.376 e. The van der Waals surface area contributed by atoms with Gasteiger partial charge in [0.1, 0.15) is 0 Å². The first-order valence-corrected chi connectivity index (χ1v) is 8.65. The van der Waals surface area contributed by atoms with Crippen molar-refractivity contribution in [2.45, 2.75) is 39.3 Å². The lowest BCUT2D eigenvalue weighted by molar-refractivity contribution is 0.0940. The Morgan fingerprint density at radius 1 is 1.44 bits per heavy atom. The van der Waals surface area contributed by atoms with E-state index in [1.165, 1.54) is 5.56 Å². The molecule has 0 bridgehead atoms. The molecule has 1 aliphatic rings. The fourth-order valence-corrected chi connectivity index (χ4v) is 3.40. The van der Waals surface area contributed by atoms with Crippen molar-refractivity contribution >= 4 is 22.5 Å². The summed E-state index contributed by atoms with van der Waals surface area (Å²) >= 11 is 0. The van der Waals surface area contributed by atoms with Gasteiger partial charge in [0.2, 0.25) is 0 Å². The highest BCUT2D eigenvalue weighted by Crippen LogP contribution is 2.25. The molecule has 2 aromatic heterocycles. The van der Waals surface area contributed by atoms with Crippen LogP contribution in [-0.2, 0) is 11.3 Å². The van der Waals surface area contributed by atoms with Crippen LogP contribution in [0.15, 0.2) is 30.6 Å². The second-order valence-corrected chi connectivity index (χ2v) is 6.64. The van der Waals surface area contributed by atoms with E-state index in [0.717, 1.165) is 42.6 Å². The fraction of sp³-hybridized carbons (Fsp3) is 0.368. The Balaban J connectivity index is 1.52. The largest absolute Gasteiger partial charge is 0.376 e. The standard InChI is InChI=1S/C19H22N4O2/c1-12-13(2)21-18-16(12)6-3-7-17(18)19(24)22-14-9-20-23(10-14)11-15-5-4-8-25-15/h3,6-7,9-10,15,21H,4-5,8,11H2,1-2H3,(H,22,24)/t15-/m0/s1. The number of hydrogen-bond acceptors (Lipinski definition) is 3. The summed E-state index contributed by atoms with van der Waals surface area (Å²) in [6, 6.07) is 5.78. The highest BCUT2D eigenvalue weighted by Gasteiger charge is 2.17. The van der Waals surface area contributed by atoms with Crippen LogP contribution in [0.2, 0.25) is 0 Å². The smallest absolute Gasteiger partial charge is 0.257 e. The Bertz CT molecular complexity index is 919. The predicted molar refractivity (Wildman–Crippen MR) is 96.9 cm³/mol. The van der Waals surface area contributed by atoms with Gasteiger partial charge in [-0.3, -0.25) is 9.48 Å². The van der Waals surface area contributed by atoms with E-state index in [1.807, 2.05) is 36.0 Å². The first kappa shape index (κ1) is 15.9. The Labute approximate surface area is 146 Å². The van der Waals surface area contributed by atoms with Crippen molar-refractivity contribution in [3.05, 3.63) is 47.4 Å². The minimum atomic E-state index is -0.136. The van der Waals surface area contributed by atoms with Crippen LogP contribution in [-0.4, -0.2) is 33.4 Å². The zero-order chi connectivity index (χ0) is 17.4. The highest BCUT2D eigenvalue weighted by atomic mass is 16.5. The van der Waals surface area contributed by atoms with Crippen LogP contribution >= 0.6 is 0 Å². The average molecular weight is 338 g/mol. The van der Waals surface area contributed by atoms with Gasteiger partial charge in [-0.05, 0) is 38.3 Å². The third-order valence-corrected chi connectivity index (χ3v) is 4.89. The molecular formula is C19H22N4O2. The second-order valence-electron chi connectivity index (χ2n) is 6.64. The van der Waals surface area contributed by atoms with Gasteiger partial charge in [-0.15, -0.1) is 0 Å². The molecule has 0 radical (unpaired) electrons. The zero-order valence-electron chi connectivity index (χ0n) is 14.5. The number of fused-ring (bicyclic) bond motifs is 1. The van der Waals surface area contributed by atoms with E-state index in [2.05, 4.69) is 22.3 Å². The number of H-pyrrole nitrogens is 1. The number of nitrogens with one attached hydrogen (secondary N) is 2. The molecule has 1 fully saturated rings. The molecule has 130 valence electrons. The number of carbonyl (C=O) groups excluding carboxylic acids is 1. The molecular weight excluding hydrogens is 316 g/mol. The van der Waals surface area contributed by atoms with Crippen molar-refractivity contribution in [3.63, 3.8) is 0 Å². The number of aryl methyl sites for hydroxylation is 2. The van der Waals surface area contributed by atoms with Crippen molar-refractivity contribution in [1.29, 1.82) is 0 Å². The first-order valence-electron chi connectivity index (χ1n) is 8.65. The predicted octanol–water partition coefficient (Wildman–Crippen LogP) is 3.41. The SMILES string of the molecule is Cc1[nH]c2c(C(=O)Nc3cnn(C[C@@H]4CCCO4)c3)cccc2c1C. The normalized spacial score (nSPS) is 17.3. The third kappa shape index (κ3) is 3.05. The molecule has 3 heterocycles. The Morgan fingerprint density at radius 2 is 2.32 bits per heavy atom. The van der Waals surface area contributed by atoms with Gasteiger partial charge < -0.3 is 15.0 Å². The molecule has 2 N–H and O–H groups in total. The number of ether oxygens (including phenoxy) is 1. The van der Waals surface area contributed by atoms with Crippen LogP contribution < -0.4 is 5.32 Å². The summed E-state index contributed by atoms with van der Waals surface area (Å²) in [6.07, 6.45) is 5.93. The Hall–Kier alpha value is -2.60. The molecule has 1 aliphatic heterocycles. The lowest BCUT2D eigenvalue weighted by Gasteiger charge is -2.08. The lowest BCUT2D eigenvalue weighted by Crippen LogP contribution is -2.15. The quantitative estimate of drug-likeness (QED) is 0.766. The Morgan fingerprint density at radius 3 is 3.12 bits per heavy atom. The molecule has 25 heavy (non-hydrogen) atoms. The Kier molecular flexibility index (Phi) is 4.05. The van der Waals surface area contributed by atoms with Crippen molar-refractivity contribution < 1.29 is 9.53 Å². The first-order chi connectivity index (χ1) is 12.1. The maximum Gasteiger partial charge on any atom is 0.257 e. The summed E-state index contributed by atoms with van der Waals surface area (Å²) in [4.78, 5) is 16.0. The molecule has 4 rings (SSSR count). The molecule has 6 heteroatoms. The van der Waals surface area contributed by atoms with E-state index in [4.69, 9.17) is 4.74 Å². The average Bonchev–Trinajstić information content (AvgIpc) is 3.31. The van der Waals surface area contributed by atoms with Crippen molar-refractivity contribution in [2.24, 2.45) is 0 Å². The van der Waals surface area contributed by atoms with Gasteiger partial charge in [0.15, 0.2) is 0 Å². The number of aromatic amines is 1. The van der Waals surface area contributed by atoms with E-state index in [-0.39, 0.29) is 12.0 Å². The van der Waals surface area contributed by atoms with Crippen molar-refractivity contribution in [3.8, 4) is 0 Å². The van der Waals surface area contributed by atoms with Crippen LogP contribution in [0.25, 0.3) is 10.9 Å². The number of nitrogens with zero attached hydrogens (tertiary/aromatic N) is 2. The number of para-hydroxylation sites is 1. The van der Waals surface area contributed by atoms with Gasteiger partial charge in [-0.25, -0.2) is 0 Å². The van der Waals surface area contributed by atoms with Crippen LogP contribution in [0.4, 0.5) is 5.69 Å². The topological polar surface area (TPSA) is 71.9 Å². The molecule has 1 atom stereocenters. The van der Waals surface area contributed by atoms with E-state index in [0.29, 0.717) is 11.3 Å². The molecule has 0 spiro atoms. The van der Waals surface area contributed by atoms with E-state index >= 15 is 0 Å². The summed E-state index contributed by atoms with van der Waals surface area (Å²) in [5, 5.41) is 8.34. The third-order valence-electron chi connectivity index (χ3n) is 4.89. The lowest BCUT2D eigenvalue weighted by atomic mass is 10.1. The molecule has 6 nitrogen and oxygen atoms in total. The van der Waals surface area contributed by atoms with Crippen LogP contribution in [0, 0.1) is 13.8 Å². The molecule has 0 saturated carbocycles. The highest BCUT2D eigenvalue weighted by molar-refractivity contribution is 6.12. The van der Waals surface area contributed by atoms with E-state index < -0.39 is 0 Å². The number of hydrogen-bond donors (Lipinski definition) is 2. The van der Waals surface area contributed by atoms with E-state index in [9.17, 15) is 4.79 Å². The monoisotopic (exact) mass is 338 g/mol. The molecule has 1 amide bonds.